The zero-order valence-electron chi connectivity index (χ0n) is 16.9. The molecule has 1 aromatic carbocycles. The molecule has 9 nitrogen and oxygen atoms in total. The number of sulfonamides is 1. The van der Waals surface area contributed by atoms with Crippen LogP contribution in [-0.4, -0.2) is 87.3 Å². The van der Waals surface area contributed by atoms with Crippen LogP contribution in [0.25, 0.3) is 0 Å². The molecule has 2 amide bonds. The summed E-state index contributed by atoms with van der Waals surface area (Å²) in [6, 6.07) is 6.04. The van der Waals surface area contributed by atoms with E-state index in [0.29, 0.717) is 44.2 Å². The SMILES string of the molecule is CN1CCC/C1=N\S(=O)(=O)c1cccc(NC(=O)CSCC(=O)N2CCOCC2)c1. The third-order valence-corrected chi connectivity index (χ3v) is 7.02. The normalized spacial score (nSPS) is 18.6. The first-order valence-electron chi connectivity index (χ1n) is 9.73. The highest BCUT2D eigenvalue weighted by Gasteiger charge is 2.21. The van der Waals surface area contributed by atoms with E-state index in [2.05, 4.69) is 9.71 Å². The van der Waals surface area contributed by atoms with E-state index >= 15 is 0 Å². The van der Waals surface area contributed by atoms with Crippen LogP contribution >= 0.6 is 11.8 Å². The number of amides is 2. The number of amidine groups is 1. The lowest BCUT2D eigenvalue weighted by atomic mass is 10.3. The maximum absolute atomic E-state index is 12.6. The molecule has 1 N–H and O–H groups in total. The van der Waals surface area contributed by atoms with Gasteiger partial charge < -0.3 is 19.9 Å². The second kappa shape index (κ2) is 10.3. The van der Waals surface area contributed by atoms with Crippen molar-refractivity contribution in [1.82, 2.24) is 9.80 Å². The van der Waals surface area contributed by atoms with Crippen LogP contribution in [0, 0.1) is 0 Å². The van der Waals surface area contributed by atoms with E-state index in [1.54, 1.807) is 17.0 Å². The summed E-state index contributed by atoms with van der Waals surface area (Å²) in [5.41, 5.74) is 0.376. The van der Waals surface area contributed by atoms with Crippen LogP contribution < -0.4 is 5.32 Å². The number of morpholine rings is 1. The molecule has 2 saturated heterocycles. The van der Waals surface area contributed by atoms with Crippen molar-refractivity contribution in [3.8, 4) is 0 Å². The fourth-order valence-electron chi connectivity index (χ4n) is 3.17. The van der Waals surface area contributed by atoms with E-state index in [9.17, 15) is 18.0 Å². The highest BCUT2D eigenvalue weighted by atomic mass is 32.2. The van der Waals surface area contributed by atoms with E-state index in [1.807, 2.05) is 11.9 Å². The van der Waals surface area contributed by atoms with Crippen LogP contribution in [0.2, 0.25) is 0 Å². The van der Waals surface area contributed by atoms with Crippen LogP contribution in [0.1, 0.15) is 12.8 Å². The Labute approximate surface area is 180 Å². The van der Waals surface area contributed by atoms with Gasteiger partial charge in [-0.2, -0.15) is 8.42 Å². The van der Waals surface area contributed by atoms with Gasteiger partial charge in [0.1, 0.15) is 5.84 Å². The quantitative estimate of drug-likeness (QED) is 0.655. The van der Waals surface area contributed by atoms with Crippen LogP contribution in [0.4, 0.5) is 5.69 Å². The van der Waals surface area contributed by atoms with E-state index in [-0.39, 0.29) is 28.2 Å². The largest absolute Gasteiger partial charge is 0.378 e. The van der Waals surface area contributed by atoms with Crippen molar-refractivity contribution in [2.45, 2.75) is 17.7 Å². The minimum absolute atomic E-state index is 0.0137. The highest BCUT2D eigenvalue weighted by Crippen LogP contribution is 2.20. The standard InChI is InChI=1S/C19H26N4O5S2/c1-22-7-3-6-17(22)21-30(26,27)16-5-2-4-15(12-16)20-18(24)13-29-14-19(25)23-8-10-28-11-9-23/h2,4-5,12H,3,6-11,13-14H2,1H3,(H,20,24)/b21-17+. The number of anilines is 1. The van der Waals surface area contributed by atoms with Crippen LogP contribution in [-0.2, 0) is 24.3 Å². The maximum atomic E-state index is 12.6. The summed E-state index contributed by atoms with van der Waals surface area (Å²) in [4.78, 5) is 27.9. The average Bonchev–Trinajstić information content (AvgIpc) is 3.12. The molecule has 11 heteroatoms. The van der Waals surface area contributed by atoms with Crippen molar-refractivity contribution in [1.29, 1.82) is 0 Å². The summed E-state index contributed by atoms with van der Waals surface area (Å²) < 4.78 is 34.3. The van der Waals surface area contributed by atoms with E-state index in [0.717, 1.165) is 13.0 Å². The maximum Gasteiger partial charge on any atom is 0.284 e. The Kier molecular flexibility index (Phi) is 7.73. The second-order valence-electron chi connectivity index (χ2n) is 7.07. The predicted octanol–water partition coefficient (Wildman–Crippen LogP) is 1.03. The number of rotatable bonds is 7. The second-order valence-corrected chi connectivity index (χ2v) is 9.66. The first kappa shape index (κ1) is 22.6. The molecule has 1 aromatic rings. The molecule has 0 aliphatic carbocycles. The summed E-state index contributed by atoms with van der Waals surface area (Å²) >= 11 is 1.22. The topological polar surface area (TPSA) is 108 Å². The van der Waals surface area contributed by atoms with Crippen LogP contribution in [0.5, 0.6) is 0 Å². The van der Waals surface area contributed by atoms with Crippen molar-refractivity contribution >= 4 is 45.1 Å². The summed E-state index contributed by atoms with van der Waals surface area (Å²) in [5, 5.41) is 2.68. The molecule has 2 aliphatic rings. The van der Waals surface area contributed by atoms with Crippen molar-refractivity contribution in [3.05, 3.63) is 24.3 Å². The Hall–Kier alpha value is -2.11. The van der Waals surface area contributed by atoms with Gasteiger partial charge in [-0.05, 0) is 24.6 Å². The van der Waals surface area contributed by atoms with Gasteiger partial charge in [0.25, 0.3) is 10.0 Å². The number of likely N-dealkylation sites (tertiary alicyclic amines) is 1. The van der Waals surface area contributed by atoms with E-state index < -0.39 is 10.0 Å². The monoisotopic (exact) mass is 454 g/mol. The Morgan fingerprint density at radius 3 is 2.67 bits per heavy atom. The minimum Gasteiger partial charge on any atom is -0.378 e. The third kappa shape index (κ3) is 6.19. The number of ether oxygens (including phenoxy) is 1. The first-order valence-corrected chi connectivity index (χ1v) is 12.3. The molecule has 0 atom stereocenters. The number of hydrogen-bond acceptors (Lipinski definition) is 6. The molecule has 0 spiro atoms. The zero-order valence-corrected chi connectivity index (χ0v) is 18.5. The van der Waals surface area contributed by atoms with Gasteiger partial charge in [-0.3, -0.25) is 9.59 Å². The third-order valence-electron chi connectivity index (χ3n) is 4.80. The lowest BCUT2D eigenvalue weighted by Crippen LogP contribution is -2.41. The van der Waals surface area contributed by atoms with Gasteiger partial charge in [0.2, 0.25) is 11.8 Å². The molecule has 164 valence electrons. The number of carbonyl (C=O) groups is 2. The van der Waals surface area contributed by atoms with E-state index in [4.69, 9.17) is 4.74 Å². The predicted molar refractivity (Wildman–Crippen MR) is 116 cm³/mol. The first-order chi connectivity index (χ1) is 14.3. The van der Waals surface area contributed by atoms with Crippen LogP contribution in [0.15, 0.2) is 33.6 Å². The van der Waals surface area contributed by atoms with Crippen molar-refractivity contribution in [2.75, 3.05) is 56.7 Å². The summed E-state index contributed by atoms with van der Waals surface area (Å²) in [5.74, 6) is 0.546. The minimum atomic E-state index is -3.85. The molecule has 30 heavy (non-hydrogen) atoms. The molecule has 0 bridgehead atoms. The smallest absolute Gasteiger partial charge is 0.284 e. The molecule has 3 rings (SSSR count). The van der Waals surface area contributed by atoms with Gasteiger partial charge in [-0.25, -0.2) is 0 Å². The molecule has 0 saturated carbocycles. The number of benzene rings is 1. The fraction of sp³-hybridized carbons (Fsp3) is 0.526. The number of hydrogen-bond donors (Lipinski definition) is 1. The lowest BCUT2D eigenvalue weighted by molar-refractivity contribution is -0.132. The van der Waals surface area contributed by atoms with Gasteiger partial charge in [0, 0.05) is 38.8 Å². The Morgan fingerprint density at radius 1 is 1.20 bits per heavy atom. The average molecular weight is 455 g/mol. The zero-order chi connectivity index (χ0) is 21.6. The van der Waals surface area contributed by atoms with Gasteiger partial charge in [-0.1, -0.05) is 6.07 Å². The van der Waals surface area contributed by atoms with Crippen molar-refractivity contribution in [2.24, 2.45) is 4.40 Å². The van der Waals surface area contributed by atoms with Gasteiger partial charge in [0.15, 0.2) is 0 Å². The lowest BCUT2D eigenvalue weighted by Gasteiger charge is -2.26. The van der Waals surface area contributed by atoms with Gasteiger partial charge in [0.05, 0.1) is 29.6 Å². The van der Waals surface area contributed by atoms with Gasteiger partial charge in [-0.15, -0.1) is 16.2 Å². The molecule has 2 aliphatic heterocycles. The molecule has 0 unspecified atom stereocenters. The number of nitrogens with zero attached hydrogens (tertiary/aromatic N) is 3. The summed E-state index contributed by atoms with van der Waals surface area (Å²) in [6.45, 7) is 3.02. The number of thioether (sulfide) groups is 1. The molecule has 2 fully saturated rings. The molecular weight excluding hydrogens is 428 g/mol. The van der Waals surface area contributed by atoms with Crippen LogP contribution in [0.3, 0.4) is 0 Å². The Balaban J connectivity index is 1.53. The van der Waals surface area contributed by atoms with Crippen molar-refractivity contribution in [3.63, 3.8) is 0 Å². The Morgan fingerprint density at radius 2 is 1.97 bits per heavy atom. The van der Waals surface area contributed by atoms with E-state index in [1.165, 1.54) is 23.9 Å². The summed E-state index contributed by atoms with van der Waals surface area (Å²) in [7, 11) is -2.03. The summed E-state index contributed by atoms with van der Waals surface area (Å²) in [6.07, 6.45) is 1.51. The Bertz CT molecular complexity index is 913. The van der Waals surface area contributed by atoms with Crippen molar-refractivity contribution < 1.29 is 22.7 Å². The molecular formula is C19H26N4O5S2. The molecule has 0 radical (unpaired) electrons. The highest BCUT2D eigenvalue weighted by molar-refractivity contribution is 8.00. The fourth-order valence-corrected chi connectivity index (χ4v) is 5.02. The number of nitrogens with one attached hydrogen (secondary N) is 1. The molecule has 0 aromatic heterocycles. The molecule has 2 heterocycles. The number of carbonyl (C=O) groups excluding carboxylic acids is 2. The van der Waals surface area contributed by atoms with Gasteiger partial charge >= 0.3 is 0 Å².